The van der Waals surface area contributed by atoms with Gasteiger partial charge < -0.3 is 14.8 Å². The van der Waals surface area contributed by atoms with Gasteiger partial charge in [0.1, 0.15) is 17.9 Å². The first-order valence-corrected chi connectivity index (χ1v) is 12.1. The molecular weight excluding hydrogens is 519 g/mol. The van der Waals surface area contributed by atoms with Gasteiger partial charge in [0.2, 0.25) is 5.91 Å². The van der Waals surface area contributed by atoms with Crippen LogP contribution in [0.3, 0.4) is 0 Å². The van der Waals surface area contributed by atoms with E-state index in [-0.39, 0.29) is 30.5 Å². The first-order valence-electron chi connectivity index (χ1n) is 12.1. The second-order valence-corrected chi connectivity index (χ2v) is 9.50. The van der Waals surface area contributed by atoms with E-state index in [1.54, 1.807) is 6.33 Å². The van der Waals surface area contributed by atoms with Crippen LogP contribution in [-0.4, -0.2) is 44.2 Å². The van der Waals surface area contributed by atoms with Crippen LogP contribution in [0.5, 0.6) is 0 Å². The van der Waals surface area contributed by atoms with Crippen molar-refractivity contribution in [3.63, 3.8) is 0 Å². The lowest BCUT2D eigenvalue weighted by atomic mass is 10.1. The van der Waals surface area contributed by atoms with Gasteiger partial charge in [0.15, 0.2) is 0 Å². The third kappa shape index (κ3) is 5.05. The summed E-state index contributed by atoms with van der Waals surface area (Å²) in [5, 5.41) is 2.50. The van der Waals surface area contributed by atoms with Gasteiger partial charge in [-0.15, -0.1) is 12.4 Å². The number of hydrogen-bond donors (Lipinski definition) is 1. The molecule has 2 amide bonds. The lowest BCUT2D eigenvalue weighted by Crippen LogP contribution is -2.48. The number of nitrogens with zero attached hydrogens (tertiary/aromatic N) is 4. The number of rotatable bonds is 5. The summed E-state index contributed by atoms with van der Waals surface area (Å²) >= 11 is 0. The third-order valence-corrected chi connectivity index (χ3v) is 7.12. The summed E-state index contributed by atoms with van der Waals surface area (Å²) < 4.78 is 41.1. The van der Waals surface area contributed by atoms with Crippen molar-refractivity contribution in [3.8, 4) is 5.69 Å². The Morgan fingerprint density at radius 2 is 1.76 bits per heavy atom. The number of aliphatic imine (C=N–C) groups is 1. The molecule has 0 unspecified atom stereocenters. The molecule has 0 bridgehead atoms. The molecule has 1 aliphatic carbocycles. The van der Waals surface area contributed by atoms with Gasteiger partial charge in [0.25, 0.3) is 5.91 Å². The van der Waals surface area contributed by atoms with Crippen LogP contribution < -0.4 is 5.32 Å². The SMILES string of the molecule is Cc1ncn(-c2ccc(C3=NC4(CCCC4)N(CC(=O)Nc4cccc(C(F)(F)F)c4)C3=O)cc2)c1C.Cl. The first-order chi connectivity index (χ1) is 17.6. The van der Waals surface area contributed by atoms with Crippen molar-refractivity contribution in [1.29, 1.82) is 0 Å². The minimum Gasteiger partial charge on any atom is -0.325 e. The summed E-state index contributed by atoms with van der Waals surface area (Å²) in [6, 6.07) is 11.9. The van der Waals surface area contributed by atoms with E-state index in [0.29, 0.717) is 24.1 Å². The summed E-state index contributed by atoms with van der Waals surface area (Å²) in [5.41, 5.74) is 2.15. The number of alkyl halides is 3. The van der Waals surface area contributed by atoms with Gasteiger partial charge in [-0.1, -0.05) is 18.2 Å². The molecule has 3 aromatic rings. The molecule has 38 heavy (non-hydrogen) atoms. The van der Waals surface area contributed by atoms with E-state index in [2.05, 4.69) is 10.3 Å². The highest BCUT2D eigenvalue weighted by molar-refractivity contribution is 6.47. The molecule has 2 aromatic carbocycles. The molecule has 1 aromatic heterocycles. The zero-order valence-electron chi connectivity index (χ0n) is 20.9. The molecule has 1 aliphatic heterocycles. The van der Waals surface area contributed by atoms with Crippen LogP contribution in [0.4, 0.5) is 18.9 Å². The molecule has 2 aliphatic rings. The number of nitrogens with one attached hydrogen (secondary N) is 1. The second kappa shape index (κ2) is 10.2. The summed E-state index contributed by atoms with van der Waals surface area (Å²) in [6.45, 7) is 3.62. The highest BCUT2D eigenvalue weighted by atomic mass is 35.5. The number of benzene rings is 2. The maximum Gasteiger partial charge on any atom is 0.416 e. The largest absolute Gasteiger partial charge is 0.416 e. The van der Waals surface area contributed by atoms with Gasteiger partial charge in [-0.05, 0) is 69.9 Å². The Bertz CT molecular complexity index is 1390. The van der Waals surface area contributed by atoms with Crippen molar-refractivity contribution in [2.75, 3.05) is 11.9 Å². The van der Waals surface area contributed by atoms with Crippen molar-refractivity contribution >= 4 is 35.6 Å². The summed E-state index contributed by atoms with van der Waals surface area (Å²) in [6.07, 6.45) is 0.223. The van der Waals surface area contributed by atoms with Crippen LogP contribution in [0.2, 0.25) is 0 Å². The van der Waals surface area contributed by atoms with Gasteiger partial charge in [-0.2, -0.15) is 13.2 Å². The quantitative estimate of drug-likeness (QED) is 0.462. The van der Waals surface area contributed by atoms with Crippen molar-refractivity contribution in [2.24, 2.45) is 4.99 Å². The number of aryl methyl sites for hydroxylation is 1. The van der Waals surface area contributed by atoms with E-state index in [4.69, 9.17) is 4.99 Å². The maximum absolute atomic E-state index is 13.5. The zero-order valence-corrected chi connectivity index (χ0v) is 21.7. The summed E-state index contributed by atoms with van der Waals surface area (Å²) in [5.74, 6) is -0.930. The maximum atomic E-state index is 13.5. The number of carbonyl (C=O) groups is 2. The monoisotopic (exact) mass is 545 g/mol. The van der Waals surface area contributed by atoms with Crippen LogP contribution in [0.1, 0.15) is 48.2 Å². The van der Waals surface area contributed by atoms with Gasteiger partial charge in [-0.25, -0.2) is 4.98 Å². The molecule has 7 nitrogen and oxygen atoms in total. The third-order valence-electron chi connectivity index (χ3n) is 7.12. The number of aromatic nitrogens is 2. The highest BCUT2D eigenvalue weighted by Crippen LogP contribution is 2.41. The first kappa shape index (κ1) is 27.4. The standard InChI is InChI=1S/C27H26F3N5O2.ClH/c1-17-18(2)34(16-31-17)22-10-8-19(9-11-22)24-25(37)35(26(33-24)12-3-4-13-26)15-23(36)32-21-7-5-6-20(14-21)27(28,29)30;/h5-11,14,16H,3-4,12-13,15H2,1-2H3,(H,32,36);1H. The van der Waals surface area contributed by atoms with Crippen LogP contribution in [0.15, 0.2) is 59.9 Å². The Morgan fingerprint density at radius 3 is 2.37 bits per heavy atom. The van der Waals surface area contributed by atoms with E-state index in [1.807, 2.05) is 42.7 Å². The zero-order chi connectivity index (χ0) is 26.4. The van der Waals surface area contributed by atoms with E-state index in [0.717, 1.165) is 42.0 Å². The van der Waals surface area contributed by atoms with E-state index >= 15 is 0 Å². The minimum absolute atomic E-state index is 0. The van der Waals surface area contributed by atoms with Gasteiger partial charge in [0.05, 0.1) is 17.6 Å². The second-order valence-electron chi connectivity index (χ2n) is 9.50. The van der Waals surface area contributed by atoms with E-state index < -0.39 is 23.3 Å². The summed E-state index contributed by atoms with van der Waals surface area (Å²) in [4.78, 5) is 37.0. The molecule has 1 saturated carbocycles. The predicted molar refractivity (Wildman–Crippen MR) is 140 cm³/mol. The van der Waals surface area contributed by atoms with Crippen molar-refractivity contribution in [1.82, 2.24) is 14.5 Å². The topological polar surface area (TPSA) is 79.6 Å². The fraction of sp³-hybridized carbons (Fsp3) is 0.333. The van der Waals surface area contributed by atoms with Crippen LogP contribution in [0.25, 0.3) is 5.69 Å². The molecule has 0 saturated heterocycles. The number of anilines is 1. The predicted octanol–water partition coefficient (Wildman–Crippen LogP) is 5.47. The number of imidazole rings is 1. The van der Waals surface area contributed by atoms with Crippen LogP contribution >= 0.6 is 12.4 Å². The number of amides is 2. The normalized spacial score (nSPS) is 16.5. The number of carbonyl (C=O) groups excluding carboxylic acids is 2. The molecule has 0 radical (unpaired) electrons. The van der Waals surface area contributed by atoms with Crippen molar-refractivity contribution in [3.05, 3.63) is 77.4 Å². The Balaban J connectivity index is 0.00000336. The van der Waals surface area contributed by atoms with Crippen LogP contribution in [0, 0.1) is 13.8 Å². The summed E-state index contributed by atoms with van der Waals surface area (Å²) in [7, 11) is 0. The minimum atomic E-state index is -4.52. The van der Waals surface area contributed by atoms with Gasteiger partial charge >= 0.3 is 6.18 Å². The Labute approximate surface area is 224 Å². The highest BCUT2D eigenvalue weighted by Gasteiger charge is 2.49. The average molecular weight is 546 g/mol. The smallest absolute Gasteiger partial charge is 0.325 e. The van der Waals surface area contributed by atoms with Gasteiger partial charge in [-0.3, -0.25) is 14.6 Å². The molecule has 1 fully saturated rings. The molecule has 5 rings (SSSR count). The van der Waals surface area contributed by atoms with Crippen molar-refractivity contribution < 1.29 is 22.8 Å². The lowest BCUT2D eigenvalue weighted by Gasteiger charge is -2.32. The lowest BCUT2D eigenvalue weighted by molar-refractivity contribution is -0.137. The Hall–Kier alpha value is -3.66. The molecule has 200 valence electrons. The van der Waals surface area contributed by atoms with E-state index in [9.17, 15) is 22.8 Å². The molecule has 2 heterocycles. The Morgan fingerprint density at radius 1 is 1.08 bits per heavy atom. The molecule has 0 atom stereocenters. The molecule has 1 spiro atoms. The fourth-order valence-electron chi connectivity index (χ4n) is 5.02. The average Bonchev–Trinajstić information content (AvgIpc) is 3.54. The van der Waals surface area contributed by atoms with Crippen molar-refractivity contribution in [2.45, 2.75) is 51.4 Å². The van der Waals surface area contributed by atoms with Gasteiger partial charge in [0, 0.05) is 22.6 Å². The van der Waals surface area contributed by atoms with E-state index in [1.165, 1.54) is 17.0 Å². The molecular formula is C27H27ClF3N5O2. The van der Waals surface area contributed by atoms with Crippen LogP contribution in [-0.2, 0) is 15.8 Å². The number of hydrogen-bond acceptors (Lipinski definition) is 4. The number of halogens is 4. The molecule has 1 N–H and O–H groups in total. The Kier molecular flexibility index (Phi) is 7.38. The fourth-order valence-corrected chi connectivity index (χ4v) is 5.02. The molecule has 11 heteroatoms.